The number of fused-ring (bicyclic) bond motifs is 1. The quantitative estimate of drug-likeness (QED) is 0.547. The van der Waals surface area contributed by atoms with Gasteiger partial charge < -0.3 is 14.4 Å². The van der Waals surface area contributed by atoms with Crippen molar-refractivity contribution in [2.24, 2.45) is 0 Å². The molecule has 3 heterocycles. The summed E-state index contributed by atoms with van der Waals surface area (Å²) in [6.45, 7) is 2.60. The molecule has 0 N–H and O–H groups in total. The summed E-state index contributed by atoms with van der Waals surface area (Å²) in [7, 11) is 1.60. The molecule has 4 rings (SSSR count). The fourth-order valence-corrected chi connectivity index (χ4v) is 5.31. The van der Waals surface area contributed by atoms with E-state index in [0.717, 1.165) is 11.3 Å². The predicted octanol–water partition coefficient (Wildman–Crippen LogP) is 1.46. The number of nitrogens with zero attached hydrogens (tertiary/aromatic N) is 4. The molecule has 2 saturated heterocycles. The highest BCUT2D eigenvalue weighted by Crippen LogP contribution is 2.51. The first kappa shape index (κ1) is 17.8. The number of amides is 1. The molecule has 0 aliphatic carbocycles. The van der Waals surface area contributed by atoms with Crippen LogP contribution in [-0.4, -0.2) is 55.0 Å². The molecule has 2 fully saturated rings. The molecule has 3 unspecified atom stereocenters. The Kier molecular flexibility index (Phi) is 4.55. The number of methoxy groups -OCH3 is 1. The van der Waals surface area contributed by atoms with Crippen LogP contribution in [0.15, 0.2) is 36.7 Å². The van der Waals surface area contributed by atoms with Crippen LogP contribution in [0.4, 0.5) is 0 Å². The molecular weight excluding hydrogens is 368 g/mol. The number of hydrogen-bond acceptors (Lipinski definition) is 7. The Balaban J connectivity index is 1.49. The van der Waals surface area contributed by atoms with Gasteiger partial charge in [0.05, 0.1) is 36.4 Å². The van der Waals surface area contributed by atoms with Gasteiger partial charge in [-0.3, -0.25) is 9.48 Å². The van der Waals surface area contributed by atoms with Crippen molar-refractivity contribution >= 4 is 23.6 Å². The first-order valence-corrected chi connectivity index (χ1v) is 9.51. The fourth-order valence-electron chi connectivity index (χ4n) is 3.56. The normalized spacial score (nSPS) is 26.4. The van der Waals surface area contributed by atoms with E-state index in [-0.39, 0.29) is 17.9 Å². The number of carbonyl (C=O) groups excluding carboxylic acids is 2. The van der Waals surface area contributed by atoms with Gasteiger partial charge in [0.1, 0.15) is 18.4 Å². The van der Waals surface area contributed by atoms with Gasteiger partial charge in [0.25, 0.3) is 0 Å². The fraction of sp³-hybridized carbons (Fsp3) is 0.444. The van der Waals surface area contributed by atoms with E-state index < -0.39 is 16.8 Å². The third kappa shape index (κ3) is 3.27. The Morgan fingerprint density at radius 1 is 1.37 bits per heavy atom. The van der Waals surface area contributed by atoms with Gasteiger partial charge >= 0.3 is 5.97 Å². The van der Waals surface area contributed by atoms with Crippen molar-refractivity contribution in [2.75, 3.05) is 7.11 Å². The number of benzene rings is 1. The van der Waals surface area contributed by atoms with Crippen LogP contribution in [0.25, 0.3) is 0 Å². The summed E-state index contributed by atoms with van der Waals surface area (Å²) in [5.74, 6) is 0.337. The van der Waals surface area contributed by atoms with E-state index >= 15 is 0 Å². The van der Waals surface area contributed by atoms with Crippen LogP contribution < -0.4 is 4.74 Å². The van der Waals surface area contributed by atoms with Crippen LogP contribution in [0, 0.1) is 0 Å². The second-order valence-electron chi connectivity index (χ2n) is 6.85. The summed E-state index contributed by atoms with van der Waals surface area (Å²) in [6.07, 6.45) is 3.81. The highest BCUT2D eigenvalue weighted by Gasteiger charge is 2.61. The molecule has 2 aliphatic heterocycles. The molecule has 9 heteroatoms. The van der Waals surface area contributed by atoms with E-state index in [1.54, 1.807) is 40.8 Å². The maximum Gasteiger partial charge on any atom is 0.330 e. The number of aromatic nitrogens is 3. The molecule has 3 atom stereocenters. The second-order valence-corrected chi connectivity index (χ2v) is 8.56. The SMILES string of the molecule is COc1ccc(COC(=O)C2N3C(=O)CC3SC2(C)Cn2ccnn2)cc1. The molecule has 0 spiro atoms. The van der Waals surface area contributed by atoms with Gasteiger partial charge in [-0.2, -0.15) is 0 Å². The number of thioether (sulfide) groups is 1. The zero-order chi connectivity index (χ0) is 19.0. The smallest absolute Gasteiger partial charge is 0.330 e. The monoisotopic (exact) mass is 388 g/mol. The van der Waals surface area contributed by atoms with Crippen LogP contribution in [-0.2, 0) is 27.5 Å². The van der Waals surface area contributed by atoms with Gasteiger partial charge in [0.2, 0.25) is 5.91 Å². The lowest BCUT2D eigenvalue weighted by Crippen LogP contribution is -2.58. The summed E-state index contributed by atoms with van der Waals surface area (Å²) in [5, 5.41) is 7.84. The van der Waals surface area contributed by atoms with Crippen molar-refractivity contribution in [3.63, 3.8) is 0 Å². The van der Waals surface area contributed by atoms with Crippen LogP contribution in [0.3, 0.4) is 0 Å². The highest BCUT2D eigenvalue weighted by molar-refractivity contribution is 8.01. The number of esters is 1. The Morgan fingerprint density at radius 2 is 2.15 bits per heavy atom. The van der Waals surface area contributed by atoms with Crippen LogP contribution >= 0.6 is 11.8 Å². The third-order valence-corrected chi connectivity index (χ3v) is 6.48. The molecule has 2 aromatic rings. The summed E-state index contributed by atoms with van der Waals surface area (Å²) >= 11 is 1.63. The number of β-lactam (4-membered cyclic amide) rings is 1. The minimum atomic E-state index is -0.642. The molecule has 27 heavy (non-hydrogen) atoms. The number of ether oxygens (including phenoxy) is 2. The van der Waals surface area contributed by atoms with Gasteiger partial charge in [-0.05, 0) is 24.6 Å². The molecule has 1 amide bonds. The number of carbonyl (C=O) groups is 2. The third-order valence-electron chi connectivity index (χ3n) is 4.92. The van der Waals surface area contributed by atoms with Gasteiger partial charge in [-0.25, -0.2) is 4.79 Å². The molecule has 0 radical (unpaired) electrons. The maximum atomic E-state index is 12.9. The standard InChI is InChI=1S/C18H20N4O4S/c1-18(11-21-8-7-19-20-21)16(22-14(23)9-15(22)27-18)17(24)26-10-12-3-5-13(25-2)6-4-12/h3-8,15-16H,9-11H2,1-2H3. The van der Waals surface area contributed by atoms with Crippen molar-refractivity contribution in [1.82, 2.24) is 19.9 Å². The summed E-state index contributed by atoms with van der Waals surface area (Å²) in [4.78, 5) is 26.7. The Morgan fingerprint density at radius 3 is 2.78 bits per heavy atom. The van der Waals surface area contributed by atoms with E-state index in [0.29, 0.717) is 13.0 Å². The van der Waals surface area contributed by atoms with Crippen molar-refractivity contribution in [3.05, 3.63) is 42.2 Å². The lowest BCUT2D eigenvalue weighted by atomic mass is 9.96. The Hall–Kier alpha value is -2.55. The molecular formula is C18H20N4O4S. The summed E-state index contributed by atoms with van der Waals surface area (Å²) in [6, 6.07) is 6.69. The minimum Gasteiger partial charge on any atom is -0.497 e. The molecule has 2 aliphatic rings. The minimum absolute atomic E-state index is 0.0128. The van der Waals surface area contributed by atoms with Crippen molar-refractivity contribution in [3.8, 4) is 5.75 Å². The Bertz CT molecular complexity index is 842. The average Bonchev–Trinajstić information content (AvgIpc) is 3.24. The molecule has 1 aromatic carbocycles. The molecule has 0 saturated carbocycles. The Labute approximate surface area is 160 Å². The molecule has 8 nitrogen and oxygen atoms in total. The van der Waals surface area contributed by atoms with Crippen molar-refractivity contribution in [1.29, 1.82) is 0 Å². The van der Waals surface area contributed by atoms with Crippen LogP contribution in [0.5, 0.6) is 5.75 Å². The molecule has 0 bridgehead atoms. The largest absolute Gasteiger partial charge is 0.497 e. The molecule has 1 aromatic heterocycles. The summed E-state index contributed by atoms with van der Waals surface area (Å²) in [5.41, 5.74) is 0.860. The van der Waals surface area contributed by atoms with Gasteiger partial charge in [0.15, 0.2) is 0 Å². The van der Waals surface area contributed by atoms with E-state index in [1.165, 1.54) is 0 Å². The summed E-state index contributed by atoms with van der Waals surface area (Å²) < 4.78 is 11.9. The highest BCUT2D eigenvalue weighted by atomic mass is 32.2. The second kappa shape index (κ2) is 6.88. The van der Waals surface area contributed by atoms with Crippen molar-refractivity contribution in [2.45, 2.75) is 42.7 Å². The van der Waals surface area contributed by atoms with Crippen LogP contribution in [0.1, 0.15) is 18.9 Å². The lowest BCUT2D eigenvalue weighted by Gasteiger charge is -2.37. The van der Waals surface area contributed by atoms with Crippen molar-refractivity contribution < 1.29 is 19.1 Å². The molecule has 142 valence electrons. The van der Waals surface area contributed by atoms with Gasteiger partial charge in [-0.15, -0.1) is 16.9 Å². The van der Waals surface area contributed by atoms with E-state index in [1.807, 2.05) is 31.2 Å². The lowest BCUT2D eigenvalue weighted by molar-refractivity contribution is -0.162. The van der Waals surface area contributed by atoms with Gasteiger partial charge in [-0.1, -0.05) is 17.3 Å². The number of rotatable bonds is 6. The number of hydrogen-bond donors (Lipinski definition) is 0. The zero-order valence-corrected chi connectivity index (χ0v) is 15.9. The van der Waals surface area contributed by atoms with Gasteiger partial charge in [0, 0.05) is 6.20 Å². The van der Waals surface area contributed by atoms with E-state index in [4.69, 9.17) is 9.47 Å². The van der Waals surface area contributed by atoms with E-state index in [9.17, 15) is 9.59 Å². The maximum absolute atomic E-state index is 12.9. The zero-order valence-electron chi connectivity index (χ0n) is 15.1. The average molecular weight is 388 g/mol. The van der Waals surface area contributed by atoms with Crippen LogP contribution in [0.2, 0.25) is 0 Å². The predicted molar refractivity (Wildman–Crippen MR) is 97.8 cm³/mol. The van der Waals surface area contributed by atoms with E-state index in [2.05, 4.69) is 10.3 Å². The first-order chi connectivity index (χ1) is 13.0. The topological polar surface area (TPSA) is 86.5 Å². The first-order valence-electron chi connectivity index (χ1n) is 8.63.